The molecule has 0 saturated heterocycles. The molecule has 1 heterocycles. The van der Waals surface area contributed by atoms with Crippen LogP contribution in [0.2, 0.25) is 0 Å². The van der Waals surface area contributed by atoms with Crippen molar-refractivity contribution in [3.05, 3.63) is 47.7 Å². The molecule has 1 aromatic heterocycles. The van der Waals surface area contributed by atoms with E-state index >= 15 is 0 Å². The third kappa shape index (κ3) is 2.75. The molecule has 1 aromatic carbocycles. The molecular formula is C14H16N2O. The average molecular weight is 228 g/mol. The number of aromatic amines is 1. The number of aromatic nitrogens is 1. The van der Waals surface area contributed by atoms with E-state index in [0.29, 0.717) is 12.2 Å². The first kappa shape index (κ1) is 11.5. The van der Waals surface area contributed by atoms with Gasteiger partial charge in [0.15, 0.2) is 0 Å². The summed E-state index contributed by atoms with van der Waals surface area (Å²) in [4.78, 5) is 14.9. The molecule has 1 amide bonds. The van der Waals surface area contributed by atoms with Crippen LogP contribution in [0.15, 0.2) is 42.0 Å². The van der Waals surface area contributed by atoms with Gasteiger partial charge in [-0.25, -0.2) is 0 Å². The Bertz CT molecular complexity index is 529. The van der Waals surface area contributed by atoms with E-state index in [9.17, 15) is 4.79 Å². The molecule has 0 aliphatic rings. The predicted molar refractivity (Wildman–Crippen MR) is 70.1 cm³/mol. The van der Waals surface area contributed by atoms with Gasteiger partial charge in [0, 0.05) is 17.4 Å². The Morgan fingerprint density at radius 2 is 2.12 bits per heavy atom. The second-order valence-electron chi connectivity index (χ2n) is 4.26. The Balaban J connectivity index is 2.11. The van der Waals surface area contributed by atoms with Crippen molar-refractivity contribution in [3.8, 4) is 0 Å². The fourth-order valence-electron chi connectivity index (χ4n) is 1.64. The summed E-state index contributed by atoms with van der Waals surface area (Å²) < 4.78 is 0. The van der Waals surface area contributed by atoms with Gasteiger partial charge >= 0.3 is 0 Å². The van der Waals surface area contributed by atoms with Gasteiger partial charge in [-0.2, -0.15) is 0 Å². The summed E-state index contributed by atoms with van der Waals surface area (Å²) in [7, 11) is 0. The lowest BCUT2D eigenvalue weighted by molar-refractivity contribution is 0.0954. The van der Waals surface area contributed by atoms with Crippen LogP contribution in [0.25, 0.3) is 10.9 Å². The smallest absolute Gasteiger partial charge is 0.267 e. The van der Waals surface area contributed by atoms with E-state index in [0.717, 1.165) is 10.9 Å². The highest BCUT2D eigenvalue weighted by Gasteiger charge is 2.07. The van der Waals surface area contributed by atoms with Gasteiger partial charge in [0.1, 0.15) is 5.69 Å². The standard InChI is InChI=1S/C14H16N2O/c1-10(2)7-8-15-14(17)13-9-11-5-3-4-6-12(11)16-13/h3-7,9,16H,8H2,1-2H3,(H,15,17). The van der Waals surface area contributed by atoms with Crippen molar-refractivity contribution in [1.29, 1.82) is 0 Å². The number of para-hydroxylation sites is 1. The number of hydrogen-bond acceptors (Lipinski definition) is 1. The van der Waals surface area contributed by atoms with Gasteiger partial charge in [-0.1, -0.05) is 29.8 Å². The Hall–Kier alpha value is -2.03. The first-order valence-electron chi connectivity index (χ1n) is 5.66. The third-order valence-corrected chi connectivity index (χ3v) is 2.55. The maximum Gasteiger partial charge on any atom is 0.267 e. The molecule has 0 saturated carbocycles. The third-order valence-electron chi connectivity index (χ3n) is 2.55. The van der Waals surface area contributed by atoms with Crippen LogP contribution >= 0.6 is 0 Å². The first-order chi connectivity index (χ1) is 8.16. The minimum absolute atomic E-state index is 0.0706. The quantitative estimate of drug-likeness (QED) is 0.779. The lowest BCUT2D eigenvalue weighted by atomic mass is 10.2. The van der Waals surface area contributed by atoms with Crippen molar-refractivity contribution in [2.45, 2.75) is 13.8 Å². The molecule has 0 aliphatic carbocycles. The van der Waals surface area contributed by atoms with Crippen LogP contribution in [-0.4, -0.2) is 17.4 Å². The number of rotatable bonds is 3. The largest absolute Gasteiger partial charge is 0.351 e. The number of fused-ring (bicyclic) bond motifs is 1. The van der Waals surface area contributed by atoms with Crippen LogP contribution in [-0.2, 0) is 0 Å². The highest BCUT2D eigenvalue weighted by molar-refractivity contribution is 5.98. The van der Waals surface area contributed by atoms with E-state index in [-0.39, 0.29) is 5.91 Å². The molecular weight excluding hydrogens is 212 g/mol. The fraction of sp³-hybridized carbons (Fsp3) is 0.214. The first-order valence-corrected chi connectivity index (χ1v) is 5.66. The average Bonchev–Trinajstić information content (AvgIpc) is 2.71. The molecule has 0 bridgehead atoms. The van der Waals surface area contributed by atoms with Gasteiger partial charge in [0.2, 0.25) is 0 Å². The molecule has 3 nitrogen and oxygen atoms in total. The fourth-order valence-corrected chi connectivity index (χ4v) is 1.64. The lowest BCUT2D eigenvalue weighted by Crippen LogP contribution is -2.23. The summed E-state index contributed by atoms with van der Waals surface area (Å²) in [6, 6.07) is 9.72. The van der Waals surface area contributed by atoms with E-state index in [1.807, 2.05) is 50.3 Å². The van der Waals surface area contributed by atoms with Crippen LogP contribution in [0.4, 0.5) is 0 Å². The normalized spacial score (nSPS) is 10.2. The Morgan fingerprint density at radius 1 is 1.35 bits per heavy atom. The van der Waals surface area contributed by atoms with Crippen LogP contribution in [0, 0.1) is 0 Å². The van der Waals surface area contributed by atoms with Gasteiger partial charge in [0.25, 0.3) is 5.91 Å². The second kappa shape index (κ2) is 4.87. The molecule has 0 fully saturated rings. The van der Waals surface area contributed by atoms with Gasteiger partial charge in [-0.05, 0) is 26.0 Å². The molecule has 3 heteroatoms. The lowest BCUT2D eigenvalue weighted by Gasteiger charge is -1.99. The summed E-state index contributed by atoms with van der Waals surface area (Å²) in [6.07, 6.45) is 1.99. The van der Waals surface area contributed by atoms with Crippen LogP contribution in [0.5, 0.6) is 0 Å². The zero-order chi connectivity index (χ0) is 12.3. The zero-order valence-electron chi connectivity index (χ0n) is 10.1. The Kier molecular flexibility index (Phi) is 3.28. The molecule has 2 rings (SSSR count). The van der Waals surface area contributed by atoms with Gasteiger partial charge < -0.3 is 10.3 Å². The topological polar surface area (TPSA) is 44.9 Å². The minimum Gasteiger partial charge on any atom is -0.351 e. The molecule has 0 unspecified atom stereocenters. The molecule has 0 spiro atoms. The predicted octanol–water partition coefficient (Wildman–Crippen LogP) is 2.86. The number of benzene rings is 1. The highest BCUT2D eigenvalue weighted by atomic mass is 16.1. The van der Waals surface area contributed by atoms with Crippen LogP contribution in [0.1, 0.15) is 24.3 Å². The maximum absolute atomic E-state index is 11.8. The van der Waals surface area contributed by atoms with E-state index in [1.54, 1.807) is 0 Å². The van der Waals surface area contributed by atoms with Crippen molar-refractivity contribution in [2.75, 3.05) is 6.54 Å². The summed E-state index contributed by atoms with van der Waals surface area (Å²) in [5.41, 5.74) is 2.79. The zero-order valence-corrected chi connectivity index (χ0v) is 10.1. The molecule has 17 heavy (non-hydrogen) atoms. The van der Waals surface area contributed by atoms with E-state index in [4.69, 9.17) is 0 Å². The number of amides is 1. The van der Waals surface area contributed by atoms with Crippen molar-refractivity contribution < 1.29 is 4.79 Å². The van der Waals surface area contributed by atoms with Gasteiger partial charge in [-0.15, -0.1) is 0 Å². The summed E-state index contributed by atoms with van der Waals surface area (Å²) in [5.74, 6) is -0.0706. The van der Waals surface area contributed by atoms with E-state index in [1.165, 1.54) is 5.57 Å². The summed E-state index contributed by atoms with van der Waals surface area (Å²) >= 11 is 0. The summed E-state index contributed by atoms with van der Waals surface area (Å²) in [5, 5.41) is 3.90. The molecule has 0 atom stereocenters. The van der Waals surface area contributed by atoms with Crippen molar-refractivity contribution in [2.24, 2.45) is 0 Å². The number of hydrogen-bond donors (Lipinski definition) is 2. The summed E-state index contributed by atoms with van der Waals surface area (Å²) in [6.45, 7) is 4.58. The monoisotopic (exact) mass is 228 g/mol. The van der Waals surface area contributed by atoms with Crippen molar-refractivity contribution in [1.82, 2.24) is 10.3 Å². The molecule has 88 valence electrons. The van der Waals surface area contributed by atoms with Crippen molar-refractivity contribution >= 4 is 16.8 Å². The molecule has 0 radical (unpaired) electrons. The number of carbonyl (C=O) groups is 1. The Morgan fingerprint density at radius 3 is 2.82 bits per heavy atom. The second-order valence-corrected chi connectivity index (χ2v) is 4.26. The van der Waals surface area contributed by atoms with Gasteiger partial charge in [0.05, 0.1) is 0 Å². The van der Waals surface area contributed by atoms with Crippen molar-refractivity contribution in [3.63, 3.8) is 0 Å². The minimum atomic E-state index is -0.0706. The van der Waals surface area contributed by atoms with E-state index in [2.05, 4.69) is 10.3 Å². The number of allylic oxidation sites excluding steroid dienone is 1. The Labute approximate surface area is 101 Å². The number of H-pyrrole nitrogens is 1. The maximum atomic E-state index is 11.8. The molecule has 2 aromatic rings. The van der Waals surface area contributed by atoms with Crippen LogP contribution in [0.3, 0.4) is 0 Å². The SMILES string of the molecule is CC(C)=CCNC(=O)c1cc2ccccc2[nH]1. The molecule has 2 N–H and O–H groups in total. The molecule has 0 aliphatic heterocycles. The van der Waals surface area contributed by atoms with E-state index < -0.39 is 0 Å². The number of carbonyl (C=O) groups excluding carboxylic acids is 1. The van der Waals surface area contributed by atoms with Gasteiger partial charge in [-0.3, -0.25) is 4.79 Å². The highest BCUT2D eigenvalue weighted by Crippen LogP contribution is 2.14. The number of nitrogens with one attached hydrogen (secondary N) is 2. The van der Waals surface area contributed by atoms with Crippen LogP contribution < -0.4 is 5.32 Å².